The summed E-state index contributed by atoms with van der Waals surface area (Å²) < 4.78 is 0. The molecule has 0 rings (SSSR count). The third kappa shape index (κ3) is 5.92. The summed E-state index contributed by atoms with van der Waals surface area (Å²) in [6.07, 6.45) is 2.76. The number of unbranched alkanes of at least 4 members (excludes halogenated alkanes) is 1. The molecular weight excluding hydrogens is 102 g/mol. The Morgan fingerprint density at radius 1 is 1.75 bits per heavy atom. The van der Waals surface area contributed by atoms with Crippen LogP contribution in [0, 0.1) is 6.61 Å². The Morgan fingerprint density at radius 2 is 2.38 bits per heavy atom. The minimum atomic E-state index is 0.273. The largest absolute Gasteiger partial charge is 0.390 e. The number of aliphatic hydroxyl groups excluding tert-OH is 1. The predicted octanol–water partition coefficient (Wildman–Crippen LogP) is 1.04. The van der Waals surface area contributed by atoms with Gasteiger partial charge < -0.3 is 10.8 Å². The van der Waals surface area contributed by atoms with Crippen LogP contribution in [0.1, 0.15) is 26.2 Å². The monoisotopic (exact) mass is 116 g/mol. The average Bonchev–Trinajstić information content (AvgIpc) is 1.66. The first-order chi connectivity index (χ1) is 3.77. The molecule has 8 heavy (non-hydrogen) atoms. The highest BCUT2D eigenvalue weighted by Gasteiger charge is 1.91. The van der Waals surface area contributed by atoms with Crippen molar-refractivity contribution < 1.29 is 5.11 Å². The molecule has 0 aliphatic heterocycles. The molecule has 0 spiro atoms. The van der Waals surface area contributed by atoms with Gasteiger partial charge in [0.1, 0.15) is 0 Å². The van der Waals surface area contributed by atoms with Gasteiger partial charge in [-0.3, -0.25) is 0 Å². The van der Waals surface area contributed by atoms with Crippen LogP contribution >= 0.6 is 0 Å². The Kier molecular flexibility index (Phi) is 5.01. The van der Waals surface area contributed by atoms with Gasteiger partial charge in [-0.2, -0.15) is 0 Å². The minimum Gasteiger partial charge on any atom is -0.390 e. The van der Waals surface area contributed by atoms with E-state index in [9.17, 15) is 0 Å². The molecule has 0 fully saturated rings. The lowest BCUT2D eigenvalue weighted by Gasteiger charge is -2.00. The van der Waals surface area contributed by atoms with E-state index >= 15 is 0 Å². The smallest absolute Gasteiger partial charge is 0.0799 e. The molecule has 0 saturated heterocycles. The second-order valence-corrected chi connectivity index (χ2v) is 2.09. The van der Waals surface area contributed by atoms with E-state index in [0.717, 1.165) is 19.3 Å². The molecule has 0 saturated carbocycles. The van der Waals surface area contributed by atoms with Crippen molar-refractivity contribution in [2.45, 2.75) is 32.2 Å². The maximum atomic E-state index is 8.21. The van der Waals surface area contributed by atoms with Crippen molar-refractivity contribution in [1.82, 2.24) is 0 Å². The molecule has 0 amide bonds. The molecule has 0 aromatic carbocycles. The van der Waals surface area contributed by atoms with Crippen molar-refractivity contribution >= 4 is 0 Å². The van der Waals surface area contributed by atoms with Crippen molar-refractivity contribution in [2.75, 3.05) is 0 Å². The molecule has 0 aliphatic rings. The Morgan fingerprint density at radius 3 is 2.75 bits per heavy atom. The third-order valence-corrected chi connectivity index (χ3v) is 0.993. The molecule has 2 heteroatoms. The van der Waals surface area contributed by atoms with Gasteiger partial charge in [-0.05, 0) is 26.2 Å². The number of hydrogen-bond acceptors (Lipinski definition) is 2. The van der Waals surface area contributed by atoms with Gasteiger partial charge in [0.05, 0.1) is 6.61 Å². The maximum Gasteiger partial charge on any atom is 0.0799 e. The molecule has 49 valence electrons. The zero-order valence-corrected chi connectivity index (χ0v) is 5.30. The fourth-order valence-electron chi connectivity index (χ4n) is 0.531. The molecule has 0 bridgehead atoms. The summed E-state index contributed by atoms with van der Waals surface area (Å²) in [6.45, 7) is 3.15. The summed E-state index contributed by atoms with van der Waals surface area (Å²) in [5.41, 5.74) is 5.44. The molecule has 3 N–H and O–H groups in total. The quantitative estimate of drug-likeness (QED) is 0.539. The molecule has 0 aromatic rings. The molecule has 0 heterocycles. The fraction of sp³-hybridized carbons (Fsp3) is 0.833. The van der Waals surface area contributed by atoms with E-state index < -0.39 is 0 Å². The van der Waals surface area contributed by atoms with Crippen LogP contribution in [0.4, 0.5) is 0 Å². The molecular formula is C6H14NO. The van der Waals surface area contributed by atoms with Gasteiger partial charge in [0, 0.05) is 6.04 Å². The lowest BCUT2D eigenvalue weighted by Crippen LogP contribution is -2.13. The molecule has 1 radical (unpaired) electrons. The van der Waals surface area contributed by atoms with Gasteiger partial charge in [0.15, 0.2) is 0 Å². The molecule has 0 aromatic heterocycles. The average molecular weight is 116 g/mol. The number of nitrogens with two attached hydrogens (primary N) is 1. The van der Waals surface area contributed by atoms with E-state index in [-0.39, 0.29) is 6.04 Å². The molecule has 2 nitrogen and oxygen atoms in total. The van der Waals surface area contributed by atoms with Gasteiger partial charge in [0.25, 0.3) is 0 Å². The first kappa shape index (κ1) is 7.92. The Labute approximate surface area is 50.7 Å². The van der Waals surface area contributed by atoms with E-state index in [1.807, 2.05) is 6.92 Å². The standard InChI is InChI=1S/C6H14NO/c1-6(7)4-2-3-5-8/h5-6,8H,2-4,7H2,1H3. The summed E-state index contributed by atoms with van der Waals surface area (Å²) in [7, 11) is 0. The molecule has 1 unspecified atom stereocenters. The van der Waals surface area contributed by atoms with Crippen LogP contribution in [0.3, 0.4) is 0 Å². The zero-order chi connectivity index (χ0) is 6.41. The zero-order valence-electron chi connectivity index (χ0n) is 5.30. The molecule has 0 aliphatic carbocycles. The summed E-state index contributed by atoms with van der Waals surface area (Å²) in [5.74, 6) is 0. The summed E-state index contributed by atoms with van der Waals surface area (Å²) in [6, 6.07) is 0.273. The lowest BCUT2D eigenvalue weighted by molar-refractivity contribution is 0.366. The normalized spacial score (nSPS) is 13.9. The van der Waals surface area contributed by atoms with E-state index in [1.165, 1.54) is 6.61 Å². The van der Waals surface area contributed by atoms with Crippen LogP contribution in [-0.2, 0) is 0 Å². The summed E-state index contributed by atoms with van der Waals surface area (Å²) >= 11 is 0. The Hall–Kier alpha value is -0.0800. The SMILES string of the molecule is CC(N)CCC[CH]O. The topological polar surface area (TPSA) is 46.2 Å². The lowest BCUT2D eigenvalue weighted by atomic mass is 10.1. The van der Waals surface area contributed by atoms with Crippen LogP contribution in [0.2, 0.25) is 0 Å². The summed E-state index contributed by atoms with van der Waals surface area (Å²) in [4.78, 5) is 0. The number of hydrogen-bond donors (Lipinski definition) is 2. The predicted molar refractivity (Wildman–Crippen MR) is 33.7 cm³/mol. The fourth-order valence-corrected chi connectivity index (χ4v) is 0.531. The Bertz CT molecular complexity index is 45.8. The first-order valence-electron chi connectivity index (χ1n) is 2.99. The first-order valence-corrected chi connectivity index (χ1v) is 2.99. The third-order valence-electron chi connectivity index (χ3n) is 0.993. The number of rotatable bonds is 4. The highest BCUT2D eigenvalue weighted by Crippen LogP contribution is 1.98. The molecule has 1 atom stereocenters. The van der Waals surface area contributed by atoms with Crippen molar-refractivity contribution in [1.29, 1.82) is 0 Å². The highest BCUT2D eigenvalue weighted by atomic mass is 16.2. The van der Waals surface area contributed by atoms with Crippen LogP contribution in [0.15, 0.2) is 0 Å². The van der Waals surface area contributed by atoms with Gasteiger partial charge in [-0.25, -0.2) is 0 Å². The highest BCUT2D eigenvalue weighted by molar-refractivity contribution is 4.55. The maximum absolute atomic E-state index is 8.21. The van der Waals surface area contributed by atoms with Crippen molar-refractivity contribution in [2.24, 2.45) is 5.73 Å². The number of aliphatic hydroxyl groups is 1. The van der Waals surface area contributed by atoms with Gasteiger partial charge in [-0.1, -0.05) is 0 Å². The minimum absolute atomic E-state index is 0.273. The Balaban J connectivity index is 2.72. The van der Waals surface area contributed by atoms with Crippen LogP contribution < -0.4 is 5.73 Å². The van der Waals surface area contributed by atoms with Crippen molar-refractivity contribution in [3.05, 3.63) is 6.61 Å². The van der Waals surface area contributed by atoms with Gasteiger partial charge in [-0.15, -0.1) is 0 Å². The van der Waals surface area contributed by atoms with E-state index in [0.29, 0.717) is 0 Å². The van der Waals surface area contributed by atoms with Gasteiger partial charge >= 0.3 is 0 Å². The van der Waals surface area contributed by atoms with Crippen LogP contribution in [0.5, 0.6) is 0 Å². The summed E-state index contributed by atoms with van der Waals surface area (Å²) in [5, 5.41) is 8.21. The van der Waals surface area contributed by atoms with Crippen LogP contribution in [0.25, 0.3) is 0 Å². The van der Waals surface area contributed by atoms with E-state index in [1.54, 1.807) is 0 Å². The van der Waals surface area contributed by atoms with Crippen molar-refractivity contribution in [3.8, 4) is 0 Å². The second-order valence-electron chi connectivity index (χ2n) is 2.09. The van der Waals surface area contributed by atoms with E-state index in [4.69, 9.17) is 10.8 Å². The van der Waals surface area contributed by atoms with Crippen molar-refractivity contribution in [3.63, 3.8) is 0 Å². The van der Waals surface area contributed by atoms with Crippen LogP contribution in [-0.4, -0.2) is 11.1 Å². The van der Waals surface area contributed by atoms with E-state index in [2.05, 4.69) is 0 Å². The second kappa shape index (κ2) is 5.06. The van der Waals surface area contributed by atoms with Gasteiger partial charge in [0.2, 0.25) is 0 Å².